The molecule has 0 saturated heterocycles. The molecule has 33 heavy (non-hydrogen) atoms. The zero-order chi connectivity index (χ0) is 22.9. The monoisotopic (exact) mass is 444 g/mol. The highest BCUT2D eigenvalue weighted by Crippen LogP contribution is 2.31. The van der Waals surface area contributed by atoms with Crippen molar-refractivity contribution in [2.24, 2.45) is 0 Å². The summed E-state index contributed by atoms with van der Waals surface area (Å²) in [5.41, 5.74) is 3.72. The van der Waals surface area contributed by atoms with Gasteiger partial charge in [0.2, 0.25) is 11.8 Å². The largest absolute Gasteiger partial charge is 0.493 e. The van der Waals surface area contributed by atoms with E-state index in [1.165, 1.54) is 6.07 Å². The van der Waals surface area contributed by atoms with Crippen LogP contribution in [0.5, 0.6) is 11.6 Å². The van der Waals surface area contributed by atoms with E-state index in [-0.39, 0.29) is 24.2 Å². The van der Waals surface area contributed by atoms with Gasteiger partial charge in [0, 0.05) is 53.7 Å². The Labute approximate surface area is 189 Å². The summed E-state index contributed by atoms with van der Waals surface area (Å²) in [6.45, 7) is 4.64. The van der Waals surface area contributed by atoms with Gasteiger partial charge in [-0.1, -0.05) is 0 Å². The van der Waals surface area contributed by atoms with E-state index >= 15 is 0 Å². The molecular weight excluding hydrogens is 423 g/mol. The lowest BCUT2D eigenvalue weighted by Crippen LogP contribution is -2.10. The number of aromatic nitrogens is 4. The highest BCUT2D eigenvalue weighted by Gasteiger charge is 2.20. The van der Waals surface area contributed by atoms with Crippen LogP contribution in [-0.2, 0) is 13.0 Å². The second-order valence-electron chi connectivity index (χ2n) is 7.93. The summed E-state index contributed by atoms with van der Waals surface area (Å²) in [5.74, 6) is 1.40. The third-order valence-electron chi connectivity index (χ3n) is 5.37. The van der Waals surface area contributed by atoms with Crippen molar-refractivity contribution in [3.8, 4) is 28.8 Å². The summed E-state index contributed by atoms with van der Waals surface area (Å²) in [6.07, 6.45) is 5.65. The maximum absolute atomic E-state index is 14.5. The van der Waals surface area contributed by atoms with Gasteiger partial charge in [0.1, 0.15) is 17.6 Å². The van der Waals surface area contributed by atoms with Crippen LogP contribution in [0.2, 0.25) is 0 Å². The molecule has 1 aromatic carbocycles. The lowest BCUT2D eigenvalue weighted by Gasteiger charge is -2.13. The van der Waals surface area contributed by atoms with Crippen LogP contribution in [-0.4, -0.2) is 32.1 Å². The van der Waals surface area contributed by atoms with Crippen molar-refractivity contribution in [3.05, 3.63) is 65.5 Å². The number of fused-ring (bicyclic) bond motifs is 2. The van der Waals surface area contributed by atoms with Crippen molar-refractivity contribution >= 4 is 11.6 Å². The van der Waals surface area contributed by atoms with Crippen LogP contribution in [0.3, 0.4) is 0 Å². The lowest BCUT2D eigenvalue weighted by atomic mass is 10.0. The van der Waals surface area contributed by atoms with Crippen molar-refractivity contribution in [3.63, 3.8) is 0 Å². The first-order chi connectivity index (χ1) is 16.0. The summed E-state index contributed by atoms with van der Waals surface area (Å²) in [5, 5.41) is 12.6. The number of anilines is 1. The highest BCUT2D eigenvalue weighted by molar-refractivity contribution is 5.78. The molecule has 0 bridgehead atoms. The van der Waals surface area contributed by atoms with Gasteiger partial charge < -0.3 is 14.8 Å². The number of nitrogens with one attached hydrogen (secondary N) is 1. The van der Waals surface area contributed by atoms with Crippen molar-refractivity contribution < 1.29 is 13.9 Å². The first-order valence-corrected chi connectivity index (χ1v) is 10.6. The Hall–Kier alpha value is -4.19. The molecule has 1 aliphatic rings. The summed E-state index contributed by atoms with van der Waals surface area (Å²) < 4.78 is 27.4. The van der Waals surface area contributed by atoms with Gasteiger partial charge in [-0.05, 0) is 32.0 Å². The van der Waals surface area contributed by atoms with E-state index in [0.29, 0.717) is 47.4 Å². The molecule has 8 nitrogen and oxygen atoms in total. The molecule has 0 atom stereocenters. The van der Waals surface area contributed by atoms with E-state index in [9.17, 15) is 9.65 Å². The Balaban J connectivity index is 1.49. The van der Waals surface area contributed by atoms with Crippen LogP contribution >= 0.6 is 0 Å². The predicted molar refractivity (Wildman–Crippen MR) is 120 cm³/mol. The van der Waals surface area contributed by atoms with Gasteiger partial charge in [-0.3, -0.25) is 4.40 Å². The highest BCUT2D eigenvalue weighted by atomic mass is 19.1. The number of ether oxygens (including phenoxy) is 2. The predicted octanol–water partition coefficient (Wildman–Crippen LogP) is 4.14. The average molecular weight is 444 g/mol. The Bertz CT molecular complexity index is 1370. The molecule has 0 unspecified atom stereocenters. The van der Waals surface area contributed by atoms with Crippen LogP contribution in [0.1, 0.15) is 30.7 Å². The van der Waals surface area contributed by atoms with Gasteiger partial charge in [-0.15, -0.1) is 0 Å². The molecule has 0 spiro atoms. The van der Waals surface area contributed by atoms with Crippen LogP contribution < -0.4 is 14.8 Å². The Morgan fingerprint density at radius 1 is 1.24 bits per heavy atom. The minimum atomic E-state index is -0.294. The molecule has 0 radical (unpaired) electrons. The smallest absolute Gasteiger partial charge is 0.213 e. The van der Waals surface area contributed by atoms with Crippen molar-refractivity contribution in [2.45, 2.75) is 32.9 Å². The molecule has 0 saturated carbocycles. The fourth-order valence-electron chi connectivity index (χ4n) is 3.89. The number of benzene rings is 1. The van der Waals surface area contributed by atoms with Crippen LogP contribution in [0.25, 0.3) is 16.8 Å². The normalized spacial score (nSPS) is 12.5. The van der Waals surface area contributed by atoms with Gasteiger partial charge in [0.05, 0.1) is 18.9 Å². The molecule has 9 heteroatoms. The minimum Gasteiger partial charge on any atom is -0.493 e. The molecule has 3 aromatic heterocycles. The molecule has 4 aromatic rings. The van der Waals surface area contributed by atoms with Crippen molar-refractivity contribution in [2.75, 3.05) is 11.9 Å². The first-order valence-electron chi connectivity index (χ1n) is 10.6. The maximum atomic E-state index is 14.5. The van der Waals surface area contributed by atoms with E-state index in [2.05, 4.69) is 26.3 Å². The van der Waals surface area contributed by atoms with E-state index in [0.717, 1.165) is 11.1 Å². The van der Waals surface area contributed by atoms with Gasteiger partial charge in [-0.25, -0.2) is 19.3 Å². The molecule has 0 fully saturated rings. The number of halogens is 1. The van der Waals surface area contributed by atoms with Crippen molar-refractivity contribution in [1.29, 1.82) is 5.26 Å². The average Bonchev–Trinajstić information content (AvgIpc) is 3.46. The summed E-state index contributed by atoms with van der Waals surface area (Å²) in [4.78, 5) is 13.3. The molecule has 4 heterocycles. The number of rotatable bonds is 6. The van der Waals surface area contributed by atoms with Crippen molar-refractivity contribution in [1.82, 2.24) is 19.4 Å². The molecule has 166 valence electrons. The quantitative estimate of drug-likeness (QED) is 0.477. The molecule has 1 N–H and O–H groups in total. The SMILES string of the molecule is CC(C)Oc1ccc(-c2cnc(NCc3c(F)ccc4c3CCO4)n3cc(C#N)nc23)cn1. The van der Waals surface area contributed by atoms with Gasteiger partial charge in [0.25, 0.3) is 0 Å². The van der Waals surface area contributed by atoms with Crippen LogP contribution in [0, 0.1) is 17.1 Å². The molecule has 1 aliphatic heterocycles. The molecule has 5 rings (SSSR count). The summed E-state index contributed by atoms with van der Waals surface area (Å²) >= 11 is 0. The van der Waals surface area contributed by atoms with Gasteiger partial charge in [-0.2, -0.15) is 5.26 Å². The minimum absolute atomic E-state index is 0.0230. The maximum Gasteiger partial charge on any atom is 0.213 e. The van der Waals surface area contributed by atoms with Crippen LogP contribution in [0.4, 0.5) is 10.3 Å². The Morgan fingerprint density at radius 3 is 2.88 bits per heavy atom. The number of nitriles is 1. The number of hydrogen-bond donors (Lipinski definition) is 1. The van der Waals surface area contributed by atoms with E-state index in [1.807, 2.05) is 19.9 Å². The Morgan fingerprint density at radius 2 is 2.12 bits per heavy atom. The number of imidazole rings is 1. The summed E-state index contributed by atoms with van der Waals surface area (Å²) in [6, 6.07) is 8.80. The zero-order valence-corrected chi connectivity index (χ0v) is 18.2. The number of nitrogens with zero attached hydrogens (tertiary/aromatic N) is 5. The third kappa shape index (κ3) is 3.91. The fourth-order valence-corrected chi connectivity index (χ4v) is 3.89. The van der Waals surface area contributed by atoms with Gasteiger partial charge >= 0.3 is 0 Å². The molecule has 0 aliphatic carbocycles. The second kappa shape index (κ2) is 8.39. The number of hydrogen-bond acceptors (Lipinski definition) is 7. The van der Waals surface area contributed by atoms with Crippen LogP contribution in [0.15, 0.2) is 42.9 Å². The lowest BCUT2D eigenvalue weighted by molar-refractivity contribution is 0.232. The van der Waals surface area contributed by atoms with E-state index in [1.54, 1.807) is 35.1 Å². The zero-order valence-electron chi connectivity index (χ0n) is 18.2. The third-order valence-corrected chi connectivity index (χ3v) is 5.37. The molecular formula is C24H21FN6O2. The van der Waals surface area contributed by atoms with E-state index < -0.39 is 0 Å². The van der Waals surface area contributed by atoms with E-state index in [4.69, 9.17) is 9.47 Å². The standard InChI is InChI=1S/C24H21FN6O2/c1-14(2)33-22-6-3-15(10-27-22)18-11-28-24(31-13-16(9-26)30-23(18)31)29-12-19-17-7-8-32-21(17)5-4-20(19)25/h3-6,10-11,13-14H,7-8,12H2,1-2H3,(H,28,29). The molecule has 0 amide bonds. The topological polar surface area (TPSA) is 97.4 Å². The van der Waals surface area contributed by atoms with Gasteiger partial charge in [0.15, 0.2) is 11.3 Å². The first kappa shape index (κ1) is 20.7. The number of pyridine rings is 1. The second-order valence-corrected chi connectivity index (χ2v) is 7.93. The fraction of sp³-hybridized carbons (Fsp3) is 0.250. The Kier molecular flexibility index (Phi) is 5.26. The summed E-state index contributed by atoms with van der Waals surface area (Å²) in [7, 11) is 0.